The van der Waals surface area contributed by atoms with E-state index < -0.39 is 10.8 Å². The highest BCUT2D eigenvalue weighted by molar-refractivity contribution is 7.84. The van der Waals surface area contributed by atoms with Crippen LogP contribution >= 0.6 is 0 Å². The number of aryl methyl sites for hydroxylation is 1. The molecule has 0 spiro atoms. The molecule has 0 saturated heterocycles. The molecule has 0 aliphatic heterocycles. The number of nitrogens with zero attached hydrogens (tertiary/aromatic N) is 1. The minimum Gasteiger partial charge on any atom is -0.493 e. The summed E-state index contributed by atoms with van der Waals surface area (Å²) in [5, 5.41) is 2.88. The molecule has 0 fully saturated rings. The van der Waals surface area contributed by atoms with Crippen LogP contribution in [0.1, 0.15) is 30.0 Å². The second-order valence-electron chi connectivity index (χ2n) is 7.02. The molecular formula is C23H26N2O5S. The van der Waals surface area contributed by atoms with Gasteiger partial charge in [0.25, 0.3) is 0 Å². The molecule has 1 heterocycles. The highest BCUT2D eigenvalue weighted by Gasteiger charge is 2.18. The first-order valence-electron chi connectivity index (χ1n) is 9.79. The topological polar surface area (TPSA) is 90.7 Å². The van der Waals surface area contributed by atoms with Crippen molar-refractivity contribution in [2.45, 2.75) is 25.6 Å². The first-order chi connectivity index (χ1) is 14.9. The van der Waals surface area contributed by atoms with Gasteiger partial charge in [0.1, 0.15) is 11.5 Å². The predicted molar refractivity (Wildman–Crippen MR) is 119 cm³/mol. The molecule has 31 heavy (non-hydrogen) atoms. The molecule has 2 aromatic carbocycles. The summed E-state index contributed by atoms with van der Waals surface area (Å²) in [4.78, 5) is 16.8. The molecular weight excluding hydrogens is 416 g/mol. The Bertz CT molecular complexity index is 1070. The number of rotatable bonds is 9. The van der Waals surface area contributed by atoms with Gasteiger partial charge in [0.2, 0.25) is 11.8 Å². The van der Waals surface area contributed by atoms with Gasteiger partial charge in [-0.3, -0.25) is 9.00 Å². The summed E-state index contributed by atoms with van der Waals surface area (Å²) >= 11 is 0. The van der Waals surface area contributed by atoms with Gasteiger partial charge in [-0.1, -0.05) is 30.3 Å². The lowest BCUT2D eigenvalue weighted by Crippen LogP contribution is -2.31. The van der Waals surface area contributed by atoms with Crippen molar-refractivity contribution in [2.75, 3.05) is 20.0 Å². The molecule has 0 bridgehead atoms. The van der Waals surface area contributed by atoms with Crippen LogP contribution in [0, 0.1) is 6.92 Å². The highest BCUT2D eigenvalue weighted by Crippen LogP contribution is 2.32. The number of methoxy groups -OCH3 is 2. The number of aromatic nitrogens is 1. The van der Waals surface area contributed by atoms with E-state index in [1.807, 2.05) is 43.3 Å². The summed E-state index contributed by atoms with van der Waals surface area (Å²) in [5.74, 6) is 1.89. The smallest absolute Gasteiger partial charge is 0.233 e. The summed E-state index contributed by atoms with van der Waals surface area (Å²) < 4.78 is 28.9. The Kier molecular flexibility index (Phi) is 7.46. The number of amides is 1. The van der Waals surface area contributed by atoms with Crippen LogP contribution in [0.4, 0.5) is 0 Å². The number of benzene rings is 2. The standard InChI is InChI=1S/C23H26N2O5S/c1-15(17-8-6-5-7-9-17)24-22(26)14-31(27)13-19-16(2)30-23(25-19)18-10-11-20(28-3)21(12-18)29-4/h5-12,15H,13-14H2,1-4H3,(H,24,26)/t15-,31-/m1/s1. The van der Waals surface area contributed by atoms with Crippen molar-refractivity contribution in [2.24, 2.45) is 0 Å². The van der Waals surface area contributed by atoms with Crippen LogP contribution in [0.2, 0.25) is 0 Å². The van der Waals surface area contributed by atoms with E-state index in [1.54, 1.807) is 33.3 Å². The number of hydrogen-bond donors (Lipinski definition) is 1. The average molecular weight is 443 g/mol. The van der Waals surface area contributed by atoms with Crippen molar-refractivity contribution in [3.63, 3.8) is 0 Å². The third kappa shape index (κ3) is 5.73. The monoisotopic (exact) mass is 442 g/mol. The van der Waals surface area contributed by atoms with Crippen LogP contribution in [-0.4, -0.2) is 35.1 Å². The zero-order valence-corrected chi connectivity index (χ0v) is 18.8. The van der Waals surface area contributed by atoms with E-state index in [4.69, 9.17) is 13.9 Å². The molecule has 2 atom stereocenters. The number of hydrogen-bond acceptors (Lipinski definition) is 6. The summed E-state index contributed by atoms with van der Waals surface area (Å²) in [5.41, 5.74) is 2.27. The fraction of sp³-hybridized carbons (Fsp3) is 0.304. The van der Waals surface area contributed by atoms with Gasteiger partial charge in [0, 0.05) is 16.4 Å². The van der Waals surface area contributed by atoms with Crippen LogP contribution in [0.3, 0.4) is 0 Å². The highest BCUT2D eigenvalue weighted by atomic mass is 32.2. The average Bonchev–Trinajstić information content (AvgIpc) is 3.13. The molecule has 1 aromatic heterocycles. The lowest BCUT2D eigenvalue weighted by molar-refractivity contribution is -0.119. The Morgan fingerprint density at radius 1 is 1.13 bits per heavy atom. The van der Waals surface area contributed by atoms with Gasteiger partial charge in [0.05, 0.1) is 31.7 Å². The van der Waals surface area contributed by atoms with Crippen molar-refractivity contribution >= 4 is 16.7 Å². The Morgan fingerprint density at radius 3 is 2.52 bits per heavy atom. The van der Waals surface area contributed by atoms with E-state index in [0.29, 0.717) is 34.4 Å². The van der Waals surface area contributed by atoms with E-state index in [1.165, 1.54) is 0 Å². The van der Waals surface area contributed by atoms with Gasteiger partial charge in [-0.2, -0.15) is 0 Å². The maximum Gasteiger partial charge on any atom is 0.233 e. The summed E-state index contributed by atoms with van der Waals surface area (Å²) in [6.07, 6.45) is 0. The Balaban J connectivity index is 1.63. The molecule has 0 aliphatic carbocycles. The first kappa shape index (κ1) is 22.6. The largest absolute Gasteiger partial charge is 0.493 e. The van der Waals surface area contributed by atoms with Crippen molar-refractivity contribution < 1.29 is 22.9 Å². The minimum absolute atomic E-state index is 0.102. The molecule has 8 heteroatoms. The molecule has 164 valence electrons. The first-order valence-corrected chi connectivity index (χ1v) is 11.3. The van der Waals surface area contributed by atoms with Gasteiger partial charge in [0.15, 0.2) is 11.5 Å². The zero-order valence-electron chi connectivity index (χ0n) is 18.0. The van der Waals surface area contributed by atoms with Crippen molar-refractivity contribution in [3.05, 3.63) is 65.5 Å². The van der Waals surface area contributed by atoms with E-state index in [9.17, 15) is 9.00 Å². The quantitative estimate of drug-likeness (QED) is 0.542. The molecule has 1 amide bonds. The lowest BCUT2D eigenvalue weighted by Gasteiger charge is -2.14. The fourth-order valence-electron chi connectivity index (χ4n) is 3.11. The van der Waals surface area contributed by atoms with Gasteiger partial charge < -0.3 is 19.2 Å². The maximum absolute atomic E-state index is 12.6. The van der Waals surface area contributed by atoms with E-state index in [0.717, 1.165) is 5.56 Å². The van der Waals surface area contributed by atoms with Crippen LogP contribution in [0.5, 0.6) is 11.5 Å². The van der Waals surface area contributed by atoms with E-state index in [-0.39, 0.29) is 23.5 Å². The normalized spacial score (nSPS) is 12.8. The van der Waals surface area contributed by atoms with Gasteiger partial charge in [-0.25, -0.2) is 4.98 Å². The molecule has 3 rings (SSSR count). The third-order valence-corrected chi connectivity index (χ3v) is 5.97. The molecule has 0 unspecified atom stereocenters. The molecule has 3 aromatic rings. The molecule has 0 saturated carbocycles. The number of nitrogens with one attached hydrogen (secondary N) is 1. The number of carbonyl (C=O) groups excluding carboxylic acids is 1. The van der Waals surface area contributed by atoms with Crippen molar-refractivity contribution in [3.8, 4) is 23.0 Å². The fourth-order valence-corrected chi connectivity index (χ4v) is 4.16. The van der Waals surface area contributed by atoms with Crippen LogP contribution in [0.25, 0.3) is 11.5 Å². The van der Waals surface area contributed by atoms with Gasteiger partial charge in [-0.15, -0.1) is 0 Å². The van der Waals surface area contributed by atoms with Crippen molar-refractivity contribution in [1.29, 1.82) is 0 Å². The Morgan fingerprint density at radius 2 is 1.84 bits per heavy atom. The third-order valence-electron chi connectivity index (χ3n) is 4.79. The lowest BCUT2D eigenvalue weighted by atomic mass is 10.1. The number of oxazole rings is 1. The van der Waals surface area contributed by atoms with E-state index in [2.05, 4.69) is 10.3 Å². The van der Waals surface area contributed by atoms with Crippen LogP contribution in [-0.2, 0) is 21.3 Å². The van der Waals surface area contributed by atoms with Crippen molar-refractivity contribution in [1.82, 2.24) is 10.3 Å². The zero-order chi connectivity index (χ0) is 22.4. The Labute approximate surface area is 184 Å². The summed E-state index contributed by atoms with van der Waals surface area (Å²) in [6.45, 7) is 3.66. The molecule has 7 nitrogen and oxygen atoms in total. The second kappa shape index (κ2) is 10.3. The Hall–Kier alpha value is -3.13. The summed E-state index contributed by atoms with van der Waals surface area (Å²) in [6, 6.07) is 14.8. The van der Waals surface area contributed by atoms with Gasteiger partial charge >= 0.3 is 0 Å². The van der Waals surface area contributed by atoms with Gasteiger partial charge in [-0.05, 0) is 37.6 Å². The SMILES string of the molecule is COc1ccc(-c2nc(C[S@@](=O)CC(=O)N[C@H](C)c3ccccc3)c(C)o2)cc1OC. The summed E-state index contributed by atoms with van der Waals surface area (Å²) in [7, 11) is 1.71. The van der Waals surface area contributed by atoms with E-state index >= 15 is 0 Å². The predicted octanol–water partition coefficient (Wildman–Crippen LogP) is 3.79. The molecule has 0 aliphatic rings. The molecule has 0 radical (unpaired) electrons. The molecule has 1 N–H and O–H groups in total. The maximum atomic E-state index is 12.6. The minimum atomic E-state index is -1.42. The second-order valence-corrected chi connectivity index (χ2v) is 8.48. The van der Waals surface area contributed by atoms with Crippen LogP contribution < -0.4 is 14.8 Å². The number of ether oxygens (including phenoxy) is 2. The number of carbonyl (C=O) groups is 1. The van der Waals surface area contributed by atoms with Crippen LogP contribution in [0.15, 0.2) is 52.9 Å².